The van der Waals surface area contributed by atoms with E-state index in [9.17, 15) is 22.4 Å². The first-order valence-electron chi connectivity index (χ1n) is 14.2. The second kappa shape index (κ2) is 15.3. The van der Waals surface area contributed by atoms with Gasteiger partial charge in [0.05, 0.1) is 17.2 Å². The Morgan fingerprint density at radius 2 is 1.57 bits per heavy atom. The van der Waals surface area contributed by atoms with Crippen molar-refractivity contribution in [3.05, 3.63) is 89.7 Å². The molecule has 0 aliphatic rings. The molecule has 1 atom stereocenters. The number of hydrogen-bond donors (Lipinski definition) is 1. The molecule has 0 saturated carbocycles. The number of aryl methyl sites for hydroxylation is 1. The molecule has 3 aromatic rings. The highest BCUT2D eigenvalue weighted by Gasteiger charge is 2.33. The number of amides is 2. The van der Waals surface area contributed by atoms with Crippen LogP contribution in [0.4, 0.5) is 10.1 Å². The van der Waals surface area contributed by atoms with Gasteiger partial charge in [-0.3, -0.25) is 13.9 Å². The minimum atomic E-state index is -4.27. The Bertz CT molecular complexity index is 1410. The predicted octanol–water partition coefficient (Wildman–Crippen LogP) is 5.45. The van der Waals surface area contributed by atoms with Crippen molar-refractivity contribution in [2.75, 3.05) is 24.0 Å². The summed E-state index contributed by atoms with van der Waals surface area (Å²) < 4.78 is 48.1. The molecule has 42 heavy (non-hydrogen) atoms. The Labute approximate surface area is 248 Å². The number of nitrogens with one attached hydrogen (secondary N) is 1. The zero-order valence-corrected chi connectivity index (χ0v) is 25.5. The number of benzene rings is 3. The number of halogens is 1. The monoisotopic (exact) mass is 597 g/mol. The zero-order chi connectivity index (χ0) is 30.7. The molecule has 226 valence electrons. The van der Waals surface area contributed by atoms with E-state index in [0.717, 1.165) is 40.4 Å². The Morgan fingerprint density at radius 1 is 0.929 bits per heavy atom. The van der Waals surface area contributed by atoms with Crippen LogP contribution in [0.1, 0.15) is 51.2 Å². The van der Waals surface area contributed by atoms with Gasteiger partial charge in [-0.1, -0.05) is 50.1 Å². The van der Waals surface area contributed by atoms with Gasteiger partial charge in [-0.15, -0.1) is 0 Å². The van der Waals surface area contributed by atoms with Gasteiger partial charge in [-0.05, 0) is 80.8 Å². The molecule has 0 spiro atoms. The van der Waals surface area contributed by atoms with Crippen LogP contribution in [0.25, 0.3) is 0 Å². The fourth-order valence-electron chi connectivity index (χ4n) is 4.45. The molecule has 0 saturated heterocycles. The number of carbonyl (C=O) groups is 2. The van der Waals surface area contributed by atoms with Crippen LogP contribution < -0.4 is 14.4 Å². The minimum absolute atomic E-state index is 0.0579. The van der Waals surface area contributed by atoms with Crippen LogP contribution in [0.15, 0.2) is 77.7 Å². The third-order valence-corrected chi connectivity index (χ3v) is 8.59. The lowest BCUT2D eigenvalue weighted by atomic mass is 10.1. The summed E-state index contributed by atoms with van der Waals surface area (Å²) in [6.45, 7) is 8.03. The van der Waals surface area contributed by atoms with Gasteiger partial charge in [0.2, 0.25) is 11.8 Å². The molecule has 2 amide bonds. The van der Waals surface area contributed by atoms with E-state index in [2.05, 4.69) is 5.32 Å². The average molecular weight is 598 g/mol. The molecular weight excluding hydrogens is 557 g/mol. The van der Waals surface area contributed by atoms with E-state index < -0.39 is 34.3 Å². The molecule has 0 radical (unpaired) electrons. The van der Waals surface area contributed by atoms with Crippen molar-refractivity contribution in [2.24, 2.45) is 0 Å². The van der Waals surface area contributed by atoms with E-state index in [1.54, 1.807) is 12.1 Å². The fraction of sp³-hybridized carbons (Fsp3) is 0.375. The molecule has 8 nitrogen and oxygen atoms in total. The van der Waals surface area contributed by atoms with Gasteiger partial charge in [-0.25, -0.2) is 12.8 Å². The first-order chi connectivity index (χ1) is 20.1. The van der Waals surface area contributed by atoms with Crippen molar-refractivity contribution in [1.29, 1.82) is 0 Å². The molecule has 0 aliphatic carbocycles. The Balaban J connectivity index is 2.02. The van der Waals surface area contributed by atoms with Gasteiger partial charge in [0.15, 0.2) is 0 Å². The summed E-state index contributed by atoms with van der Waals surface area (Å²) in [5.74, 6) is -0.898. The SMILES string of the molecule is CCCCNC(=O)[C@H](CC)N(Cc1ccc(C)cc1)C(=O)CN(c1ccc(F)cc1)S(=O)(=O)c1ccc(OCC)cc1. The number of carbonyl (C=O) groups excluding carboxylic acids is 2. The lowest BCUT2D eigenvalue weighted by Crippen LogP contribution is -2.52. The van der Waals surface area contributed by atoms with Crippen LogP contribution in [-0.4, -0.2) is 50.9 Å². The summed E-state index contributed by atoms with van der Waals surface area (Å²) in [4.78, 5) is 28.7. The Hall–Kier alpha value is -3.92. The van der Waals surface area contributed by atoms with Crippen LogP contribution in [0, 0.1) is 12.7 Å². The number of rotatable bonds is 15. The standard InChI is InChI=1S/C32H40FN3O5S/c1-5-8-21-34-32(38)30(6-2)35(22-25-11-9-24(4)10-12-25)31(37)23-36(27-15-13-26(33)14-16-27)42(39,40)29-19-17-28(18-20-29)41-7-3/h9-20,30H,5-8,21-23H2,1-4H3,(H,34,38)/t30-/m0/s1. The van der Waals surface area contributed by atoms with Crippen LogP contribution in [-0.2, 0) is 26.2 Å². The topological polar surface area (TPSA) is 96.0 Å². The molecule has 0 aromatic heterocycles. The van der Waals surface area contributed by atoms with Crippen molar-refractivity contribution < 1.29 is 27.1 Å². The molecule has 0 fully saturated rings. The smallest absolute Gasteiger partial charge is 0.264 e. The minimum Gasteiger partial charge on any atom is -0.494 e. The summed E-state index contributed by atoms with van der Waals surface area (Å²) in [7, 11) is -4.27. The van der Waals surface area contributed by atoms with Crippen LogP contribution in [0.5, 0.6) is 5.75 Å². The van der Waals surface area contributed by atoms with Crippen molar-refractivity contribution in [3.8, 4) is 5.75 Å². The van der Waals surface area contributed by atoms with Crippen molar-refractivity contribution in [1.82, 2.24) is 10.2 Å². The van der Waals surface area contributed by atoms with Crippen LogP contribution in [0.2, 0.25) is 0 Å². The quantitative estimate of drug-likeness (QED) is 0.235. The van der Waals surface area contributed by atoms with Crippen LogP contribution >= 0.6 is 0 Å². The van der Waals surface area contributed by atoms with Gasteiger partial charge in [-0.2, -0.15) is 0 Å². The molecule has 0 aliphatic heterocycles. The highest BCUT2D eigenvalue weighted by atomic mass is 32.2. The molecule has 3 aromatic carbocycles. The summed E-state index contributed by atoms with van der Waals surface area (Å²) in [6.07, 6.45) is 2.03. The molecule has 0 bridgehead atoms. The molecule has 3 rings (SSSR count). The Morgan fingerprint density at radius 3 is 2.14 bits per heavy atom. The van der Waals surface area contributed by atoms with Crippen molar-refractivity contribution in [3.63, 3.8) is 0 Å². The maximum Gasteiger partial charge on any atom is 0.264 e. The molecule has 1 N–H and O–H groups in total. The van der Waals surface area contributed by atoms with Gasteiger partial charge in [0.25, 0.3) is 10.0 Å². The number of nitrogens with zero attached hydrogens (tertiary/aromatic N) is 2. The van der Waals surface area contributed by atoms with Crippen molar-refractivity contribution in [2.45, 2.75) is 64.4 Å². The highest BCUT2D eigenvalue weighted by Crippen LogP contribution is 2.26. The number of hydrogen-bond acceptors (Lipinski definition) is 5. The number of anilines is 1. The normalized spacial score (nSPS) is 11.9. The summed E-state index contributed by atoms with van der Waals surface area (Å²) in [6, 6.07) is 17.6. The number of unbranched alkanes of at least 4 members (excludes halogenated alkanes) is 1. The summed E-state index contributed by atoms with van der Waals surface area (Å²) in [5, 5.41) is 2.91. The first kappa shape index (κ1) is 32.6. The maximum absolute atomic E-state index is 14.1. The molecule has 10 heteroatoms. The fourth-order valence-corrected chi connectivity index (χ4v) is 5.87. The molecule has 0 heterocycles. The van der Waals surface area contributed by atoms with E-state index in [1.807, 2.05) is 52.0 Å². The van der Waals surface area contributed by atoms with Gasteiger partial charge >= 0.3 is 0 Å². The zero-order valence-electron chi connectivity index (χ0n) is 24.7. The van der Waals surface area contributed by atoms with Crippen molar-refractivity contribution >= 4 is 27.5 Å². The van der Waals surface area contributed by atoms with Gasteiger partial charge < -0.3 is 15.0 Å². The number of ether oxygens (including phenoxy) is 1. The summed E-state index contributed by atoms with van der Waals surface area (Å²) >= 11 is 0. The Kier molecular flexibility index (Phi) is 11.9. The highest BCUT2D eigenvalue weighted by molar-refractivity contribution is 7.92. The third kappa shape index (κ3) is 8.55. The predicted molar refractivity (Wildman–Crippen MR) is 162 cm³/mol. The maximum atomic E-state index is 14.1. The lowest BCUT2D eigenvalue weighted by molar-refractivity contribution is -0.140. The van der Waals surface area contributed by atoms with E-state index in [0.29, 0.717) is 25.3 Å². The van der Waals surface area contributed by atoms with E-state index >= 15 is 0 Å². The largest absolute Gasteiger partial charge is 0.494 e. The summed E-state index contributed by atoms with van der Waals surface area (Å²) in [5.41, 5.74) is 1.97. The van der Waals surface area contributed by atoms with Gasteiger partial charge in [0, 0.05) is 13.1 Å². The van der Waals surface area contributed by atoms with Crippen LogP contribution in [0.3, 0.4) is 0 Å². The molecular formula is C32H40FN3O5S. The first-order valence-corrected chi connectivity index (χ1v) is 15.7. The average Bonchev–Trinajstić information content (AvgIpc) is 2.98. The third-order valence-electron chi connectivity index (χ3n) is 6.81. The van der Waals surface area contributed by atoms with E-state index in [-0.39, 0.29) is 23.0 Å². The molecule has 0 unspecified atom stereocenters. The van der Waals surface area contributed by atoms with E-state index in [1.165, 1.54) is 29.2 Å². The van der Waals surface area contributed by atoms with Gasteiger partial charge in [0.1, 0.15) is 24.2 Å². The second-order valence-corrected chi connectivity index (χ2v) is 11.8. The lowest BCUT2D eigenvalue weighted by Gasteiger charge is -2.33. The van der Waals surface area contributed by atoms with E-state index in [4.69, 9.17) is 4.74 Å². The second-order valence-electron chi connectivity index (χ2n) is 9.97. The number of sulfonamides is 1.